The van der Waals surface area contributed by atoms with Crippen LogP contribution in [0.25, 0.3) is 0 Å². The van der Waals surface area contributed by atoms with Gasteiger partial charge in [-0.05, 0) is 39.3 Å². The first-order valence-corrected chi connectivity index (χ1v) is 5.76. The Labute approximate surface area is 103 Å². The van der Waals surface area contributed by atoms with E-state index in [1.165, 1.54) is 4.90 Å². The number of rotatable bonds is 2. The first-order valence-electron chi connectivity index (χ1n) is 5.76. The zero-order chi connectivity index (χ0) is 13.1. The van der Waals surface area contributed by atoms with E-state index in [9.17, 15) is 4.79 Å². The van der Waals surface area contributed by atoms with Crippen molar-refractivity contribution in [1.82, 2.24) is 4.98 Å². The van der Waals surface area contributed by atoms with E-state index >= 15 is 0 Å². The van der Waals surface area contributed by atoms with Crippen molar-refractivity contribution >= 4 is 11.9 Å². The van der Waals surface area contributed by atoms with Crippen LogP contribution in [0.5, 0.6) is 0 Å². The van der Waals surface area contributed by atoms with Crippen LogP contribution in [0.1, 0.15) is 33.4 Å². The molecular formula is C13H20N2O2. The van der Waals surface area contributed by atoms with Crippen LogP contribution in [0.2, 0.25) is 0 Å². The molecule has 0 unspecified atom stereocenters. The maximum atomic E-state index is 11.8. The molecule has 0 saturated carbocycles. The molecule has 0 aliphatic carbocycles. The number of anilines is 1. The molecule has 0 N–H and O–H groups in total. The number of carbonyl (C=O) groups is 1. The van der Waals surface area contributed by atoms with Crippen molar-refractivity contribution in [2.75, 3.05) is 11.9 Å². The number of aryl methyl sites for hydroxylation is 1. The first-order chi connectivity index (χ1) is 7.83. The molecule has 0 radical (unpaired) electrons. The van der Waals surface area contributed by atoms with Gasteiger partial charge in [0, 0.05) is 12.7 Å². The summed E-state index contributed by atoms with van der Waals surface area (Å²) in [6, 6.07) is 5.62. The van der Waals surface area contributed by atoms with Crippen molar-refractivity contribution < 1.29 is 9.53 Å². The normalized spacial score (nSPS) is 11.1. The molecule has 0 aliphatic rings. The highest BCUT2D eigenvalue weighted by Gasteiger charge is 2.21. The summed E-state index contributed by atoms with van der Waals surface area (Å²) in [7, 11) is 1.66. The average molecular weight is 236 g/mol. The van der Waals surface area contributed by atoms with Crippen molar-refractivity contribution in [1.29, 1.82) is 0 Å². The fraction of sp³-hybridized carbons (Fsp3) is 0.538. The Morgan fingerprint density at radius 1 is 1.41 bits per heavy atom. The van der Waals surface area contributed by atoms with E-state index in [0.29, 0.717) is 5.82 Å². The third-order valence-electron chi connectivity index (χ3n) is 2.17. The number of ether oxygens (including phenoxy) is 1. The van der Waals surface area contributed by atoms with E-state index in [4.69, 9.17) is 4.74 Å². The van der Waals surface area contributed by atoms with E-state index in [1.54, 1.807) is 13.1 Å². The summed E-state index contributed by atoms with van der Waals surface area (Å²) < 4.78 is 5.27. The SMILES string of the molecule is CCc1cccc(N(C)C(=O)OC(C)(C)C)n1. The molecule has 1 aromatic rings. The minimum absolute atomic E-state index is 0.391. The third-order valence-corrected chi connectivity index (χ3v) is 2.17. The summed E-state index contributed by atoms with van der Waals surface area (Å²) in [5.41, 5.74) is 0.464. The van der Waals surface area contributed by atoms with E-state index in [0.717, 1.165) is 12.1 Å². The summed E-state index contributed by atoms with van der Waals surface area (Å²) in [5, 5.41) is 0. The smallest absolute Gasteiger partial charge is 0.415 e. The molecule has 4 nitrogen and oxygen atoms in total. The molecule has 0 spiro atoms. The minimum atomic E-state index is -0.492. The van der Waals surface area contributed by atoms with Crippen LogP contribution in [-0.4, -0.2) is 23.7 Å². The van der Waals surface area contributed by atoms with Crippen molar-refractivity contribution in [2.24, 2.45) is 0 Å². The maximum absolute atomic E-state index is 11.8. The summed E-state index contributed by atoms with van der Waals surface area (Å²) in [4.78, 5) is 17.6. The zero-order valence-corrected chi connectivity index (χ0v) is 11.2. The van der Waals surface area contributed by atoms with Gasteiger partial charge in [0.25, 0.3) is 0 Å². The van der Waals surface area contributed by atoms with Gasteiger partial charge in [-0.2, -0.15) is 0 Å². The molecule has 0 aliphatic heterocycles. The Bertz CT molecular complexity index is 397. The van der Waals surface area contributed by atoms with Gasteiger partial charge >= 0.3 is 6.09 Å². The second-order valence-electron chi connectivity index (χ2n) is 4.88. The van der Waals surface area contributed by atoms with Gasteiger partial charge in [-0.3, -0.25) is 4.90 Å². The lowest BCUT2D eigenvalue weighted by molar-refractivity contribution is 0.0588. The zero-order valence-electron chi connectivity index (χ0n) is 11.2. The van der Waals surface area contributed by atoms with Crippen LogP contribution >= 0.6 is 0 Å². The molecular weight excluding hydrogens is 216 g/mol. The van der Waals surface area contributed by atoms with Crippen LogP contribution in [0.3, 0.4) is 0 Å². The number of hydrogen-bond donors (Lipinski definition) is 0. The number of amides is 1. The molecule has 17 heavy (non-hydrogen) atoms. The van der Waals surface area contributed by atoms with E-state index in [2.05, 4.69) is 4.98 Å². The quantitative estimate of drug-likeness (QED) is 0.792. The standard InChI is InChI=1S/C13H20N2O2/c1-6-10-8-7-9-11(14-10)15(5)12(16)17-13(2,3)4/h7-9H,6H2,1-5H3. The van der Waals surface area contributed by atoms with Crippen LogP contribution in [0.15, 0.2) is 18.2 Å². The molecule has 1 rings (SSSR count). The summed E-state index contributed by atoms with van der Waals surface area (Å²) >= 11 is 0. The Hall–Kier alpha value is -1.58. The molecule has 1 aromatic heterocycles. The molecule has 0 fully saturated rings. The molecule has 0 atom stereocenters. The average Bonchev–Trinajstić information content (AvgIpc) is 2.26. The summed E-state index contributed by atoms with van der Waals surface area (Å²) in [6.45, 7) is 7.55. The molecule has 0 bridgehead atoms. The molecule has 1 amide bonds. The van der Waals surface area contributed by atoms with Gasteiger partial charge in [-0.25, -0.2) is 9.78 Å². The van der Waals surface area contributed by atoms with Crippen LogP contribution in [0, 0.1) is 0 Å². The second kappa shape index (κ2) is 5.17. The van der Waals surface area contributed by atoms with E-state index < -0.39 is 11.7 Å². The van der Waals surface area contributed by atoms with Gasteiger partial charge < -0.3 is 4.74 Å². The van der Waals surface area contributed by atoms with E-state index in [1.807, 2.05) is 39.8 Å². The number of hydrogen-bond acceptors (Lipinski definition) is 3. The van der Waals surface area contributed by atoms with Gasteiger partial charge in [-0.15, -0.1) is 0 Å². The third kappa shape index (κ3) is 4.06. The number of carbonyl (C=O) groups excluding carboxylic acids is 1. The van der Waals surface area contributed by atoms with Crippen molar-refractivity contribution in [3.8, 4) is 0 Å². The molecule has 94 valence electrons. The lowest BCUT2D eigenvalue weighted by Gasteiger charge is -2.24. The fourth-order valence-corrected chi connectivity index (χ4v) is 1.27. The highest BCUT2D eigenvalue weighted by Crippen LogP contribution is 2.15. The molecule has 4 heteroatoms. The first kappa shape index (κ1) is 13.5. The van der Waals surface area contributed by atoms with Gasteiger partial charge in [0.15, 0.2) is 0 Å². The van der Waals surface area contributed by atoms with Gasteiger partial charge in [-0.1, -0.05) is 13.0 Å². The Morgan fingerprint density at radius 3 is 2.59 bits per heavy atom. The van der Waals surface area contributed by atoms with Gasteiger partial charge in [0.2, 0.25) is 0 Å². The summed E-state index contributed by atoms with van der Waals surface area (Å²) in [5.74, 6) is 0.610. The topological polar surface area (TPSA) is 42.4 Å². The summed E-state index contributed by atoms with van der Waals surface area (Å²) in [6.07, 6.45) is 0.453. The highest BCUT2D eigenvalue weighted by molar-refractivity contribution is 5.85. The maximum Gasteiger partial charge on any atom is 0.415 e. The van der Waals surface area contributed by atoms with Crippen molar-refractivity contribution in [2.45, 2.75) is 39.7 Å². The Balaban J connectivity index is 2.81. The lowest BCUT2D eigenvalue weighted by Crippen LogP contribution is -2.34. The number of aromatic nitrogens is 1. The van der Waals surface area contributed by atoms with Crippen molar-refractivity contribution in [3.05, 3.63) is 23.9 Å². The van der Waals surface area contributed by atoms with Gasteiger partial charge in [0.1, 0.15) is 11.4 Å². The molecule has 0 aromatic carbocycles. The van der Waals surface area contributed by atoms with Crippen LogP contribution in [-0.2, 0) is 11.2 Å². The minimum Gasteiger partial charge on any atom is -0.443 e. The van der Waals surface area contributed by atoms with Gasteiger partial charge in [0.05, 0.1) is 0 Å². The Kier molecular flexibility index (Phi) is 4.10. The van der Waals surface area contributed by atoms with Crippen molar-refractivity contribution in [3.63, 3.8) is 0 Å². The fourth-order valence-electron chi connectivity index (χ4n) is 1.27. The number of nitrogens with zero attached hydrogens (tertiary/aromatic N) is 2. The van der Waals surface area contributed by atoms with Crippen LogP contribution < -0.4 is 4.90 Å². The largest absolute Gasteiger partial charge is 0.443 e. The molecule has 1 heterocycles. The second-order valence-corrected chi connectivity index (χ2v) is 4.88. The van der Waals surface area contributed by atoms with Crippen LogP contribution in [0.4, 0.5) is 10.6 Å². The molecule has 0 saturated heterocycles. The monoisotopic (exact) mass is 236 g/mol. The Morgan fingerprint density at radius 2 is 2.06 bits per heavy atom. The predicted octanol–water partition coefficient (Wildman–Crippen LogP) is 3.02. The van der Waals surface area contributed by atoms with E-state index in [-0.39, 0.29) is 0 Å². The predicted molar refractivity (Wildman–Crippen MR) is 68.3 cm³/mol. The number of pyridine rings is 1. The highest BCUT2D eigenvalue weighted by atomic mass is 16.6. The lowest BCUT2D eigenvalue weighted by atomic mass is 10.2.